The molecule has 1 unspecified atom stereocenters. The van der Waals surface area contributed by atoms with Crippen LogP contribution in [0.2, 0.25) is 0 Å². The highest BCUT2D eigenvalue weighted by Crippen LogP contribution is 1.81. The average molecular weight is 208 g/mol. The molecule has 76 valence electrons. The number of hydrogen-bond donors (Lipinski definition) is 2. The zero-order valence-corrected chi connectivity index (χ0v) is 8.25. The minimum atomic E-state index is -0.482. The highest BCUT2D eigenvalue weighted by Gasteiger charge is 2.04. The molecule has 0 aliphatic heterocycles. The summed E-state index contributed by atoms with van der Waals surface area (Å²) in [6, 6.07) is -0.482. The second-order valence-electron chi connectivity index (χ2n) is 2.39. The van der Waals surface area contributed by atoms with Crippen molar-refractivity contribution in [1.82, 2.24) is 5.32 Å². The van der Waals surface area contributed by atoms with Crippen molar-refractivity contribution in [3.63, 3.8) is 0 Å². The van der Waals surface area contributed by atoms with Crippen LogP contribution in [-0.4, -0.2) is 25.0 Å². The van der Waals surface area contributed by atoms with Gasteiger partial charge in [0.15, 0.2) is 0 Å². The maximum absolute atomic E-state index is 10.8. The highest BCUT2D eigenvalue weighted by atomic mass is 35.5. The minimum absolute atomic E-state index is 0. The number of amides is 1. The van der Waals surface area contributed by atoms with Crippen LogP contribution in [0.25, 0.3) is 10.4 Å². The molecule has 1 amide bonds. The number of rotatable bonds is 5. The molecule has 0 saturated carbocycles. The van der Waals surface area contributed by atoms with Crippen LogP contribution in [-0.2, 0) is 4.79 Å². The summed E-state index contributed by atoms with van der Waals surface area (Å²) in [4.78, 5) is 13.4. The van der Waals surface area contributed by atoms with Gasteiger partial charge in [0.25, 0.3) is 0 Å². The van der Waals surface area contributed by atoms with Crippen LogP contribution in [0.15, 0.2) is 5.11 Å². The Morgan fingerprint density at radius 3 is 2.85 bits per heavy atom. The zero-order valence-electron chi connectivity index (χ0n) is 7.43. The summed E-state index contributed by atoms with van der Waals surface area (Å²) in [5.74, 6) is -0.184. The monoisotopic (exact) mass is 207 g/mol. The molecule has 3 N–H and O–H groups in total. The molecule has 0 aromatic carbocycles. The topological polar surface area (TPSA) is 104 Å². The summed E-state index contributed by atoms with van der Waals surface area (Å²) in [5, 5.41) is 5.91. The van der Waals surface area contributed by atoms with Gasteiger partial charge in [-0.25, -0.2) is 0 Å². The van der Waals surface area contributed by atoms with E-state index in [1.165, 1.54) is 0 Å². The van der Waals surface area contributed by atoms with Crippen LogP contribution in [0.5, 0.6) is 0 Å². The molecule has 0 fully saturated rings. The zero-order chi connectivity index (χ0) is 9.40. The molecular formula is C6H14ClN5O. The standard InChI is InChI=1S/C6H13N5O.ClH/c1-5(7)6(12)9-3-2-4-10-11-8;/h5H,2-4,7H2,1H3,(H,9,12);1H. The van der Waals surface area contributed by atoms with Gasteiger partial charge < -0.3 is 11.1 Å². The number of halogens is 1. The molecule has 0 saturated heterocycles. The number of nitrogens with two attached hydrogens (primary N) is 1. The molecule has 7 heteroatoms. The largest absolute Gasteiger partial charge is 0.355 e. The summed E-state index contributed by atoms with van der Waals surface area (Å²) in [6.45, 7) is 2.51. The van der Waals surface area contributed by atoms with E-state index in [0.29, 0.717) is 19.5 Å². The van der Waals surface area contributed by atoms with Crippen LogP contribution < -0.4 is 11.1 Å². The molecule has 0 rings (SSSR count). The van der Waals surface area contributed by atoms with Crippen LogP contribution >= 0.6 is 12.4 Å². The number of nitrogens with zero attached hydrogens (tertiary/aromatic N) is 3. The molecule has 0 bridgehead atoms. The van der Waals surface area contributed by atoms with Crippen LogP contribution in [0.4, 0.5) is 0 Å². The van der Waals surface area contributed by atoms with Gasteiger partial charge in [-0.15, -0.1) is 12.4 Å². The van der Waals surface area contributed by atoms with Gasteiger partial charge >= 0.3 is 0 Å². The van der Waals surface area contributed by atoms with Gasteiger partial charge in [0, 0.05) is 18.0 Å². The van der Waals surface area contributed by atoms with Gasteiger partial charge in [-0.1, -0.05) is 5.11 Å². The SMILES string of the molecule is CC(N)C(=O)NCCCN=[N+]=[N-].Cl. The van der Waals surface area contributed by atoms with Crippen LogP contribution in [0, 0.1) is 0 Å². The molecule has 0 aromatic heterocycles. The highest BCUT2D eigenvalue weighted by molar-refractivity contribution is 5.85. The summed E-state index contributed by atoms with van der Waals surface area (Å²) >= 11 is 0. The summed E-state index contributed by atoms with van der Waals surface area (Å²) in [7, 11) is 0. The lowest BCUT2D eigenvalue weighted by Crippen LogP contribution is -2.38. The lowest BCUT2D eigenvalue weighted by atomic mass is 10.3. The quantitative estimate of drug-likeness (QED) is 0.298. The van der Waals surface area contributed by atoms with Crippen molar-refractivity contribution in [2.24, 2.45) is 10.8 Å². The van der Waals surface area contributed by atoms with Crippen LogP contribution in [0.3, 0.4) is 0 Å². The van der Waals surface area contributed by atoms with E-state index in [-0.39, 0.29) is 18.3 Å². The Morgan fingerprint density at radius 2 is 2.38 bits per heavy atom. The maximum Gasteiger partial charge on any atom is 0.236 e. The van der Waals surface area contributed by atoms with E-state index >= 15 is 0 Å². The van der Waals surface area contributed by atoms with Gasteiger partial charge in [0.1, 0.15) is 0 Å². The Bertz CT molecular complexity index is 189. The van der Waals surface area contributed by atoms with E-state index < -0.39 is 6.04 Å². The lowest BCUT2D eigenvalue weighted by Gasteiger charge is -2.05. The first kappa shape index (κ1) is 14.5. The van der Waals surface area contributed by atoms with Crippen LogP contribution in [0.1, 0.15) is 13.3 Å². The number of nitrogens with one attached hydrogen (secondary N) is 1. The maximum atomic E-state index is 10.8. The number of carbonyl (C=O) groups is 1. The number of hydrogen-bond acceptors (Lipinski definition) is 3. The normalized spacial score (nSPS) is 10.6. The Balaban J connectivity index is 0. The van der Waals surface area contributed by atoms with Crippen molar-refractivity contribution in [2.75, 3.05) is 13.1 Å². The van der Waals surface area contributed by atoms with Gasteiger partial charge in [-0.2, -0.15) is 0 Å². The third-order valence-electron chi connectivity index (χ3n) is 1.21. The van der Waals surface area contributed by atoms with E-state index in [0.717, 1.165) is 0 Å². The molecule has 1 atom stereocenters. The van der Waals surface area contributed by atoms with Gasteiger partial charge in [-0.05, 0) is 18.9 Å². The van der Waals surface area contributed by atoms with Gasteiger partial charge in [0.05, 0.1) is 6.04 Å². The van der Waals surface area contributed by atoms with Crippen molar-refractivity contribution in [2.45, 2.75) is 19.4 Å². The number of azide groups is 1. The second kappa shape index (κ2) is 9.12. The first-order valence-corrected chi connectivity index (χ1v) is 3.72. The van der Waals surface area contributed by atoms with Crippen molar-refractivity contribution in [3.8, 4) is 0 Å². The minimum Gasteiger partial charge on any atom is -0.355 e. The van der Waals surface area contributed by atoms with Gasteiger partial charge in [0.2, 0.25) is 5.91 Å². The Kier molecular flexibility index (Phi) is 10.2. The molecular weight excluding hydrogens is 194 g/mol. The molecule has 0 aliphatic rings. The second-order valence-corrected chi connectivity index (χ2v) is 2.39. The average Bonchev–Trinajstić information content (AvgIpc) is 2.03. The molecule has 0 spiro atoms. The van der Waals surface area contributed by atoms with E-state index in [1.807, 2.05) is 0 Å². The predicted molar refractivity (Wildman–Crippen MR) is 52.5 cm³/mol. The smallest absolute Gasteiger partial charge is 0.236 e. The third-order valence-corrected chi connectivity index (χ3v) is 1.21. The van der Waals surface area contributed by atoms with E-state index in [9.17, 15) is 4.79 Å². The first-order chi connectivity index (χ1) is 5.68. The molecule has 0 radical (unpaired) electrons. The fourth-order valence-corrected chi connectivity index (χ4v) is 0.567. The van der Waals surface area contributed by atoms with Crippen molar-refractivity contribution in [3.05, 3.63) is 10.4 Å². The van der Waals surface area contributed by atoms with Crippen molar-refractivity contribution >= 4 is 18.3 Å². The van der Waals surface area contributed by atoms with E-state index in [1.54, 1.807) is 6.92 Å². The van der Waals surface area contributed by atoms with Crippen molar-refractivity contribution in [1.29, 1.82) is 0 Å². The first-order valence-electron chi connectivity index (χ1n) is 3.72. The predicted octanol–water partition coefficient (Wildman–Crippen LogP) is 0.572. The van der Waals surface area contributed by atoms with Crippen molar-refractivity contribution < 1.29 is 4.79 Å². The summed E-state index contributed by atoms with van der Waals surface area (Å²) in [6.07, 6.45) is 0.641. The molecule has 0 aliphatic carbocycles. The Morgan fingerprint density at radius 1 is 1.77 bits per heavy atom. The summed E-state index contributed by atoms with van der Waals surface area (Å²) in [5.41, 5.74) is 13.2. The lowest BCUT2D eigenvalue weighted by molar-refractivity contribution is -0.121. The molecule has 6 nitrogen and oxygen atoms in total. The fourth-order valence-electron chi connectivity index (χ4n) is 0.567. The fraction of sp³-hybridized carbons (Fsp3) is 0.833. The Hall–Kier alpha value is -0.970. The molecule has 13 heavy (non-hydrogen) atoms. The van der Waals surface area contributed by atoms with E-state index in [2.05, 4.69) is 15.3 Å². The molecule has 0 heterocycles. The van der Waals surface area contributed by atoms with E-state index in [4.69, 9.17) is 11.3 Å². The van der Waals surface area contributed by atoms with Gasteiger partial charge in [-0.3, -0.25) is 4.79 Å². The summed E-state index contributed by atoms with van der Waals surface area (Å²) < 4.78 is 0. The third kappa shape index (κ3) is 8.94. The molecule has 0 aromatic rings. The number of carbonyl (C=O) groups excluding carboxylic acids is 1. The Labute approximate surface area is 82.9 Å².